The minimum absolute atomic E-state index is 0.0000350. The minimum Gasteiger partial charge on any atom is -0.347 e. The van der Waals surface area contributed by atoms with E-state index in [9.17, 15) is 4.79 Å². The molecule has 3 nitrogen and oxygen atoms in total. The van der Waals surface area contributed by atoms with E-state index in [1.807, 2.05) is 6.07 Å². The lowest BCUT2D eigenvalue weighted by Crippen LogP contribution is -2.48. The van der Waals surface area contributed by atoms with Gasteiger partial charge >= 0.3 is 0 Å². The molecule has 2 heterocycles. The number of amides is 1. The van der Waals surface area contributed by atoms with Crippen LogP contribution in [0.2, 0.25) is 0 Å². The monoisotopic (exact) mass is 266 g/mol. The maximum absolute atomic E-state index is 12.2. The molecule has 1 unspecified atom stereocenters. The van der Waals surface area contributed by atoms with Crippen molar-refractivity contribution in [2.45, 2.75) is 45.2 Å². The zero-order valence-electron chi connectivity index (χ0n) is 11.1. The van der Waals surface area contributed by atoms with E-state index in [2.05, 4.69) is 35.9 Å². The van der Waals surface area contributed by atoms with Gasteiger partial charge in [-0.15, -0.1) is 11.3 Å². The lowest BCUT2D eigenvalue weighted by Gasteiger charge is -2.27. The molecule has 2 N–H and O–H groups in total. The fraction of sp³-hybridized carbons (Fsp3) is 0.643. The van der Waals surface area contributed by atoms with Crippen LogP contribution in [-0.4, -0.2) is 18.5 Å². The largest absolute Gasteiger partial charge is 0.347 e. The third kappa shape index (κ3) is 3.33. The molecular formula is C14H22N2OS. The number of carbonyl (C=O) groups excluding carboxylic acids is 1. The lowest BCUT2D eigenvalue weighted by atomic mass is 10.00. The smallest absolute Gasteiger partial charge is 0.237 e. The van der Waals surface area contributed by atoms with E-state index in [1.54, 1.807) is 11.3 Å². The van der Waals surface area contributed by atoms with Crippen molar-refractivity contribution >= 4 is 17.2 Å². The Morgan fingerprint density at radius 1 is 1.50 bits per heavy atom. The summed E-state index contributed by atoms with van der Waals surface area (Å²) >= 11 is 1.71. The molecule has 1 fully saturated rings. The van der Waals surface area contributed by atoms with Crippen LogP contribution in [0.25, 0.3) is 0 Å². The maximum Gasteiger partial charge on any atom is 0.237 e. The number of hydrogen-bond acceptors (Lipinski definition) is 3. The Bertz CT molecular complexity index is 369. The molecule has 0 bridgehead atoms. The highest BCUT2D eigenvalue weighted by Crippen LogP contribution is 2.26. The molecule has 2 rings (SSSR count). The van der Waals surface area contributed by atoms with Gasteiger partial charge in [-0.25, -0.2) is 0 Å². The van der Waals surface area contributed by atoms with Gasteiger partial charge in [-0.05, 0) is 36.8 Å². The van der Waals surface area contributed by atoms with E-state index in [0.717, 1.165) is 19.4 Å². The van der Waals surface area contributed by atoms with Crippen molar-refractivity contribution in [3.05, 3.63) is 22.4 Å². The van der Waals surface area contributed by atoms with Crippen molar-refractivity contribution in [3.8, 4) is 0 Å². The molecule has 0 radical (unpaired) electrons. The van der Waals surface area contributed by atoms with Crippen LogP contribution in [0.1, 0.15) is 44.0 Å². The van der Waals surface area contributed by atoms with Crippen LogP contribution in [0, 0.1) is 5.92 Å². The van der Waals surface area contributed by atoms with E-state index in [1.165, 1.54) is 11.3 Å². The average Bonchev–Trinajstić information content (AvgIpc) is 2.90. The first kappa shape index (κ1) is 13.6. The molecule has 2 atom stereocenters. The van der Waals surface area contributed by atoms with Crippen LogP contribution in [0.5, 0.6) is 0 Å². The van der Waals surface area contributed by atoms with Crippen molar-refractivity contribution in [3.63, 3.8) is 0 Å². The fourth-order valence-electron chi connectivity index (χ4n) is 2.36. The van der Waals surface area contributed by atoms with Gasteiger partial charge in [0.1, 0.15) is 0 Å². The number of nitrogens with one attached hydrogen (secondary N) is 2. The zero-order chi connectivity index (χ0) is 13.0. The van der Waals surface area contributed by atoms with E-state index in [-0.39, 0.29) is 18.0 Å². The molecule has 18 heavy (non-hydrogen) atoms. The van der Waals surface area contributed by atoms with Crippen LogP contribution < -0.4 is 10.6 Å². The van der Waals surface area contributed by atoms with Crippen LogP contribution in [0.15, 0.2) is 17.5 Å². The predicted octanol–water partition coefficient (Wildman–Crippen LogP) is 2.70. The summed E-state index contributed by atoms with van der Waals surface area (Å²) in [7, 11) is 0. The molecule has 1 aromatic heterocycles. The summed E-state index contributed by atoms with van der Waals surface area (Å²) < 4.78 is 0. The van der Waals surface area contributed by atoms with E-state index in [4.69, 9.17) is 0 Å². The summed E-state index contributed by atoms with van der Waals surface area (Å²) in [4.78, 5) is 13.5. The molecule has 4 heteroatoms. The van der Waals surface area contributed by atoms with Gasteiger partial charge in [-0.1, -0.05) is 26.3 Å². The van der Waals surface area contributed by atoms with Crippen molar-refractivity contribution in [2.75, 3.05) is 6.54 Å². The van der Waals surface area contributed by atoms with Gasteiger partial charge in [-0.2, -0.15) is 0 Å². The van der Waals surface area contributed by atoms with Crippen molar-refractivity contribution < 1.29 is 4.79 Å². The SMILES string of the molecule is CC(C)C(NC(=O)[C@H]1CCCCN1)c1cccs1. The van der Waals surface area contributed by atoms with Gasteiger partial charge in [0, 0.05) is 4.88 Å². The number of rotatable bonds is 4. The number of piperidine rings is 1. The third-order valence-electron chi connectivity index (χ3n) is 3.44. The van der Waals surface area contributed by atoms with Crippen molar-refractivity contribution in [1.82, 2.24) is 10.6 Å². The molecule has 0 spiro atoms. The van der Waals surface area contributed by atoms with Gasteiger partial charge < -0.3 is 10.6 Å². The van der Waals surface area contributed by atoms with Crippen LogP contribution in [0.3, 0.4) is 0 Å². The molecule has 1 aliphatic rings. The molecule has 0 saturated carbocycles. The molecular weight excluding hydrogens is 244 g/mol. The lowest BCUT2D eigenvalue weighted by molar-refractivity contribution is -0.124. The minimum atomic E-state index is -0.0000350. The Hall–Kier alpha value is -0.870. The molecule has 0 aromatic carbocycles. The predicted molar refractivity (Wildman–Crippen MR) is 75.7 cm³/mol. The second-order valence-corrected chi connectivity index (χ2v) is 6.23. The number of carbonyl (C=O) groups is 1. The highest BCUT2D eigenvalue weighted by Gasteiger charge is 2.25. The molecule has 0 aliphatic carbocycles. The second-order valence-electron chi connectivity index (χ2n) is 5.25. The number of hydrogen-bond donors (Lipinski definition) is 2. The molecule has 1 aromatic rings. The Labute approximate surface area is 113 Å². The second kappa shape index (κ2) is 6.34. The van der Waals surface area contributed by atoms with Crippen LogP contribution in [0.4, 0.5) is 0 Å². The Kier molecular flexibility index (Phi) is 4.78. The summed E-state index contributed by atoms with van der Waals surface area (Å²) in [5.74, 6) is 0.568. The Morgan fingerprint density at radius 2 is 2.33 bits per heavy atom. The standard InChI is InChI=1S/C14H22N2OS/c1-10(2)13(12-7-5-9-18-12)16-14(17)11-6-3-4-8-15-11/h5,7,9-11,13,15H,3-4,6,8H2,1-2H3,(H,16,17)/t11-,13?/m1/s1. The Morgan fingerprint density at radius 3 is 2.89 bits per heavy atom. The maximum atomic E-state index is 12.2. The first-order valence-corrected chi connectivity index (χ1v) is 7.63. The summed E-state index contributed by atoms with van der Waals surface area (Å²) in [6, 6.07) is 4.28. The zero-order valence-corrected chi connectivity index (χ0v) is 11.9. The summed E-state index contributed by atoms with van der Waals surface area (Å²) in [5, 5.41) is 8.56. The van der Waals surface area contributed by atoms with Gasteiger partial charge in [0.05, 0.1) is 12.1 Å². The summed E-state index contributed by atoms with van der Waals surface area (Å²) in [6.45, 7) is 5.27. The van der Waals surface area contributed by atoms with Gasteiger partial charge in [0.25, 0.3) is 0 Å². The average molecular weight is 266 g/mol. The van der Waals surface area contributed by atoms with Gasteiger partial charge in [0.15, 0.2) is 0 Å². The summed E-state index contributed by atoms with van der Waals surface area (Å²) in [5.41, 5.74) is 0. The van der Waals surface area contributed by atoms with Crippen LogP contribution in [-0.2, 0) is 4.79 Å². The topological polar surface area (TPSA) is 41.1 Å². The summed E-state index contributed by atoms with van der Waals surface area (Å²) in [6.07, 6.45) is 3.29. The first-order valence-electron chi connectivity index (χ1n) is 6.75. The number of thiophene rings is 1. The van der Waals surface area contributed by atoms with Crippen LogP contribution >= 0.6 is 11.3 Å². The fourth-order valence-corrected chi connectivity index (χ4v) is 3.31. The Balaban J connectivity index is 1.98. The highest BCUT2D eigenvalue weighted by atomic mass is 32.1. The third-order valence-corrected chi connectivity index (χ3v) is 4.40. The quantitative estimate of drug-likeness (QED) is 0.880. The van der Waals surface area contributed by atoms with Gasteiger partial charge in [0.2, 0.25) is 5.91 Å². The van der Waals surface area contributed by atoms with Crippen molar-refractivity contribution in [1.29, 1.82) is 0 Å². The molecule has 100 valence electrons. The first-order chi connectivity index (χ1) is 8.68. The van der Waals surface area contributed by atoms with Gasteiger partial charge in [-0.3, -0.25) is 4.79 Å². The van der Waals surface area contributed by atoms with Crippen molar-refractivity contribution in [2.24, 2.45) is 5.92 Å². The highest BCUT2D eigenvalue weighted by molar-refractivity contribution is 7.10. The van der Waals surface area contributed by atoms with E-state index in [0.29, 0.717) is 5.92 Å². The molecule has 1 aliphatic heterocycles. The van der Waals surface area contributed by atoms with E-state index >= 15 is 0 Å². The van der Waals surface area contributed by atoms with E-state index < -0.39 is 0 Å². The molecule has 1 saturated heterocycles. The molecule has 1 amide bonds. The normalized spacial score (nSPS) is 21.8.